The van der Waals surface area contributed by atoms with E-state index in [9.17, 15) is 14.4 Å². The number of nitrogens with one attached hydrogen (secondary N) is 1. The minimum Gasteiger partial charge on any atom is -0.480 e. The number of aliphatic carboxylic acids is 1. The first-order valence-corrected chi connectivity index (χ1v) is 3.57. The summed E-state index contributed by atoms with van der Waals surface area (Å²) < 4.78 is 0. The molecule has 0 aromatic carbocycles. The fourth-order valence-corrected chi connectivity index (χ4v) is 0.776. The molecule has 0 unspecified atom stereocenters. The highest BCUT2D eigenvalue weighted by molar-refractivity contribution is 6.12. The SMILES string of the molecule is C[C@H](NN1C(=O)C=CC1=O)C(=O)O. The van der Waals surface area contributed by atoms with Crippen LogP contribution in [-0.2, 0) is 14.4 Å². The molecule has 13 heavy (non-hydrogen) atoms. The van der Waals surface area contributed by atoms with E-state index in [-0.39, 0.29) is 0 Å². The van der Waals surface area contributed by atoms with Gasteiger partial charge in [0.2, 0.25) is 0 Å². The Bertz CT molecular complexity index is 279. The monoisotopic (exact) mass is 184 g/mol. The van der Waals surface area contributed by atoms with Crippen molar-refractivity contribution in [2.24, 2.45) is 0 Å². The summed E-state index contributed by atoms with van der Waals surface area (Å²) in [5, 5.41) is 9.15. The lowest BCUT2D eigenvalue weighted by atomic mass is 10.4. The molecule has 0 fully saturated rings. The van der Waals surface area contributed by atoms with Gasteiger partial charge in [-0.15, -0.1) is 0 Å². The van der Waals surface area contributed by atoms with E-state index < -0.39 is 23.8 Å². The molecule has 0 aromatic rings. The van der Waals surface area contributed by atoms with Crippen LogP contribution in [-0.4, -0.2) is 33.9 Å². The van der Waals surface area contributed by atoms with E-state index in [2.05, 4.69) is 5.43 Å². The second-order valence-electron chi connectivity index (χ2n) is 2.53. The molecule has 6 nitrogen and oxygen atoms in total. The van der Waals surface area contributed by atoms with Crippen molar-refractivity contribution >= 4 is 17.8 Å². The molecular weight excluding hydrogens is 176 g/mol. The molecule has 0 saturated carbocycles. The van der Waals surface area contributed by atoms with Gasteiger partial charge >= 0.3 is 5.97 Å². The van der Waals surface area contributed by atoms with Gasteiger partial charge in [0.05, 0.1) is 0 Å². The molecule has 0 aromatic heterocycles. The molecule has 0 bridgehead atoms. The molecule has 2 amide bonds. The molecule has 1 rings (SSSR count). The van der Waals surface area contributed by atoms with Crippen molar-refractivity contribution in [3.05, 3.63) is 12.2 Å². The maximum Gasteiger partial charge on any atom is 0.322 e. The van der Waals surface area contributed by atoms with Crippen LogP contribution >= 0.6 is 0 Å². The Kier molecular flexibility index (Phi) is 2.43. The van der Waals surface area contributed by atoms with Gasteiger partial charge in [-0.2, -0.15) is 0 Å². The Morgan fingerprint density at radius 3 is 2.31 bits per heavy atom. The van der Waals surface area contributed by atoms with Gasteiger partial charge in [-0.3, -0.25) is 14.4 Å². The van der Waals surface area contributed by atoms with E-state index in [0.29, 0.717) is 5.01 Å². The van der Waals surface area contributed by atoms with E-state index in [1.807, 2.05) is 0 Å². The van der Waals surface area contributed by atoms with Gasteiger partial charge in [-0.1, -0.05) is 0 Å². The third kappa shape index (κ3) is 1.91. The first-order chi connectivity index (χ1) is 6.02. The standard InChI is InChI=1S/C7H8N2O4/c1-4(7(12)13)8-9-5(10)2-3-6(9)11/h2-4,8H,1H3,(H,12,13)/t4-/m0/s1. The highest BCUT2D eigenvalue weighted by Gasteiger charge is 2.26. The average molecular weight is 184 g/mol. The fraction of sp³-hybridized carbons (Fsp3) is 0.286. The summed E-state index contributed by atoms with van der Waals surface area (Å²) in [6, 6.07) is -0.979. The number of hydrazine groups is 1. The van der Waals surface area contributed by atoms with Crippen LogP contribution < -0.4 is 5.43 Å². The topological polar surface area (TPSA) is 86.7 Å². The first-order valence-electron chi connectivity index (χ1n) is 3.57. The van der Waals surface area contributed by atoms with E-state index in [1.54, 1.807) is 0 Å². The van der Waals surface area contributed by atoms with Crippen LogP contribution in [0, 0.1) is 0 Å². The molecule has 0 radical (unpaired) electrons. The Balaban J connectivity index is 2.60. The summed E-state index contributed by atoms with van der Waals surface area (Å²) in [5.41, 5.74) is 2.25. The summed E-state index contributed by atoms with van der Waals surface area (Å²) >= 11 is 0. The van der Waals surface area contributed by atoms with Crippen LogP contribution in [0.1, 0.15) is 6.92 Å². The van der Waals surface area contributed by atoms with Crippen molar-refractivity contribution in [1.29, 1.82) is 0 Å². The third-order valence-corrected chi connectivity index (χ3v) is 1.50. The highest BCUT2D eigenvalue weighted by Crippen LogP contribution is 2.00. The number of carbonyl (C=O) groups is 3. The van der Waals surface area contributed by atoms with Crippen LogP contribution in [0.3, 0.4) is 0 Å². The Morgan fingerprint density at radius 2 is 1.92 bits per heavy atom. The summed E-state index contributed by atoms with van der Waals surface area (Å²) in [5.74, 6) is -2.25. The van der Waals surface area contributed by atoms with Crippen LogP contribution in [0.2, 0.25) is 0 Å². The van der Waals surface area contributed by atoms with Gasteiger partial charge in [-0.05, 0) is 6.92 Å². The van der Waals surface area contributed by atoms with Gasteiger partial charge in [0.25, 0.3) is 11.8 Å². The number of hydrogen-bond acceptors (Lipinski definition) is 4. The second kappa shape index (κ2) is 3.36. The van der Waals surface area contributed by atoms with Gasteiger partial charge in [0.15, 0.2) is 0 Å². The van der Waals surface area contributed by atoms with Crippen molar-refractivity contribution < 1.29 is 19.5 Å². The van der Waals surface area contributed by atoms with Crippen molar-refractivity contribution in [2.75, 3.05) is 0 Å². The predicted octanol–water partition coefficient (Wildman–Crippen LogP) is -1.11. The Morgan fingerprint density at radius 1 is 1.46 bits per heavy atom. The first kappa shape index (κ1) is 9.40. The number of rotatable bonds is 3. The van der Waals surface area contributed by atoms with Crippen molar-refractivity contribution in [2.45, 2.75) is 13.0 Å². The van der Waals surface area contributed by atoms with Crippen molar-refractivity contribution in [3.63, 3.8) is 0 Å². The Labute approximate surface area is 73.8 Å². The molecule has 6 heteroatoms. The largest absolute Gasteiger partial charge is 0.480 e. The van der Waals surface area contributed by atoms with Crippen LogP contribution in [0.15, 0.2) is 12.2 Å². The normalized spacial score (nSPS) is 18.1. The summed E-state index contributed by atoms with van der Waals surface area (Å²) in [7, 11) is 0. The van der Waals surface area contributed by atoms with E-state index in [1.165, 1.54) is 6.92 Å². The molecule has 1 aliphatic heterocycles. The number of hydrogen-bond donors (Lipinski definition) is 2. The quantitative estimate of drug-likeness (QED) is 0.543. The maximum absolute atomic E-state index is 10.9. The van der Waals surface area contributed by atoms with Gasteiger partial charge in [0.1, 0.15) is 6.04 Å². The lowest BCUT2D eigenvalue weighted by molar-refractivity contribution is -0.146. The summed E-state index contributed by atoms with van der Waals surface area (Å²) in [4.78, 5) is 32.2. The molecule has 0 spiro atoms. The van der Waals surface area contributed by atoms with Crippen molar-refractivity contribution in [3.8, 4) is 0 Å². The van der Waals surface area contributed by atoms with Gasteiger partial charge in [-0.25, -0.2) is 10.4 Å². The van der Waals surface area contributed by atoms with Crippen LogP contribution in [0.5, 0.6) is 0 Å². The molecule has 1 aliphatic rings. The van der Waals surface area contributed by atoms with E-state index in [0.717, 1.165) is 12.2 Å². The maximum atomic E-state index is 10.9. The molecular formula is C7H8N2O4. The summed E-state index contributed by atoms with van der Waals surface area (Å²) in [6.07, 6.45) is 2.15. The number of imide groups is 1. The lowest BCUT2D eigenvalue weighted by Crippen LogP contribution is -2.49. The number of carboxylic acid groups (broad SMARTS) is 1. The molecule has 2 N–H and O–H groups in total. The summed E-state index contributed by atoms with van der Waals surface area (Å²) in [6.45, 7) is 1.33. The predicted molar refractivity (Wildman–Crippen MR) is 41.2 cm³/mol. The molecule has 1 heterocycles. The minimum atomic E-state index is -1.13. The van der Waals surface area contributed by atoms with Crippen LogP contribution in [0.4, 0.5) is 0 Å². The number of carboxylic acids is 1. The number of nitrogens with zero attached hydrogens (tertiary/aromatic N) is 1. The van der Waals surface area contributed by atoms with E-state index in [4.69, 9.17) is 5.11 Å². The molecule has 0 aliphatic carbocycles. The van der Waals surface area contributed by atoms with Gasteiger partial charge in [0, 0.05) is 12.2 Å². The Hall–Kier alpha value is -1.69. The highest BCUT2D eigenvalue weighted by atomic mass is 16.4. The zero-order valence-electron chi connectivity index (χ0n) is 6.85. The molecule has 1 atom stereocenters. The minimum absolute atomic E-state index is 0.557. The lowest BCUT2D eigenvalue weighted by Gasteiger charge is -2.17. The molecule has 0 saturated heterocycles. The smallest absolute Gasteiger partial charge is 0.322 e. The van der Waals surface area contributed by atoms with Gasteiger partial charge < -0.3 is 5.11 Å². The zero-order chi connectivity index (χ0) is 10.0. The third-order valence-electron chi connectivity index (χ3n) is 1.50. The van der Waals surface area contributed by atoms with E-state index >= 15 is 0 Å². The molecule has 70 valence electrons. The fourth-order valence-electron chi connectivity index (χ4n) is 0.776. The number of amides is 2. The number of carbonyl (C=O) groups excluding carboxylic acids is 2. The van der Waals surface area contributed by atoms with Crippen molar-refractivity contribution in [1.82, 2.24) is 10.4 Å². The zero-order valence-corrected chi connectivity index (χ0v) is 6.85. The van der Waals surface area contributed by atoms with Crippen LogP contribution in [0.25, 0.3) is 0 Å². The second-order valence-corrected chi connectivity index (χ2v) is 2.53. The average Bonchev–Trinajstić information content (AvgIpc) is 2.35.